The maximum Gasteiger partial charge on any atom is 0.252 e. The molecule has 1 amide bonds. The van der Waals surface area contributed by atoms with Gasteiger partial charge in [0, 0.05) is 5.75 Å². The van der Waals surface area contributed by atoms with Crippen molar-refractivity contribution < 1.29 is 14.3 Å². The Kier molecular flexibility index (Phi) is 5.38. The molecule has 0 aliphatic carbocycles. The Morgan fingerprint density at radius 2 is 2.04 bits per heavy atom. The van der Waals surface area contributed by atoms with E-state index in [4.69, 9.17) is 9.47 Å². The van der Waals surface area contributed by atoms with Gasteiger partial charge in [-0.25, -0.2) is 5.43 Å². The van der Waals surface area contributed by atoms with Crippen molar-refractivity contribution in [2.24, 2.45) is 5.10 Å². The second-order valence-corrected chi connectivity index (χ2v) is 6.61. The minimum Gasteiger partial charge on any atom is -0.454 e. The predicted octanol–water partition coefficient (Wildman–Crippen LogP) is 3.19. The SMILES string of the molecule is CC(SCc1ccccc1)C(=O)N/N=C/c1ccc2c(c1)OCO2. The van der Waals surface area contributed by atoms with Gasteiger partial charge in [-0.05, 0) is 36.2 Å². The van der Waals surface area contributed by atoms with Crippen LogP contribution in [0.25, 0.3) is 0 Å². The molecule has 1 aliphatic heterocycles. The number of rotatable bonds is 6. The Labute approximate surface area is 145 Å². The molecule has 6 heteroatoms. The first-order valence-electron chi connectivity index (χ1n) is 7.60. The topological polar surface area (TPSA) is 59.9 Å². The van der Waals surface area contributed by atoms with E-state index in [1.54, 1.807) is 18.0 Å². The molecule has 0 radical (unpaired) electrons. The Balaban J connectivity index is 1.47. The van der Waals surface area contributed by atoms with E-state index in [1.807, 2.05) is 43.3 Å². The number of nitrogens with one attached hydrogen (secondary N) is 1. The van der Waals surface area contributed by atoms with Crippen molar-refractivity contribution >= 4 is 23.9 Å². The fourth-order valence-electron chi connectivity index (χ4n) is 2.13. The molecule has 3 rings (SSSR count). The molecule has 0 saturated heterocycles. The molecular formula is C18H18N2O3S. The summed E-state index contributed by atoms with van der Waals surface area (Å²) in [4.78, 5) is 12.1. The molecule has 1 atom stereocenters. The first kappa shape index (κ1) is 16.4. The predicted molar refractivity (Wildman–Crippen MR) is 95.5 cm³/mol. The third kappa shape index (κ3) is 4.29. The van der Waals surface area contributed by atoms with Crippen LogP contribution >= 0.6 is 11.8 Å². The molecule has 1 N–H and O–H groups in total. The maximum atomic E-state index is 12.1. The largest absolute Gasteiger partial charge is 0.454 e. The number of benzene rings is 2. The molecule has 24 heavy (non-hydrogen) atoms. The van der Waals surface area contributed by atoms with Gasteiger partial charge >= 0.3 is 0 Å². The smallest absolute Gasteiger partial charge is 0.252 e. The number of thioether (sulfide) groups is 1. The zero-order chi connectivity index (χ0) is 16.8. The number of fused-ring (bicyclic) bond motifs is 1. The lowest BCUT2D eigenvalue weighted by Gasteiger charge is -2.09. The lowest BCUT2D eigenvalue weighted by Crippen LogP contribution is -2.26. The van der Waals surface area contributed by atoms with Crippen molar-refractivity contribution in [2.75, 3.05) is 6.79 Å². The van der Waals surface area contributed by atoms with Crippen LogP contribution in [0, 0.1) is 0 Å². The van der Waals surface area contributed by atoms with Crippen LogP contribution < -0.4 is 14.9 Å². The van der Waals surface area contributed by atoms with E-state index in [0.717, 1.165) is 17.1 Å². The highest BCUT2D eigenvalue weighted by atomic mass is 32.2. The molecule has 2 aromatic carbocycles. The molecule has 0 spiro atoms. The number of hydrogen-bond acceptors (Lipinski definition) is 5. The van der Waals surface area contributed by atoms with E-state index >= 15 is 0 Å². The van der Waals surface area contributed by atoms with Crippen molar-refractivity contribution in [3.63, 3.8) is 0 Å². The van der Waals surface area contributed by atoms with Crippen LogP contribution in [0.3, 0.4) is 0 Å². The standard InChI is InChI=1S/C18H18N2O3S/c1-13(24-11-14-5-3-2-4-6-14)18(21)20-19-10-15-7-8-16-17(9-15)23-12-22-16/h2-10,13H,11-12H2,1H3,(H,20,21)/b19-10+. The van der Waals surface area contributed by atoms with Gasteiger partial charge in [0.2, 0.25) is 6.79 Å². The summed E-state index contributed by atoms with van der Waals surface area (Å²) in [5, 5.41) is 3.83. The van der Waals surface area contributed by atoms with Gasteiger partial charge < -0.3 is 9.47 Å². The van der Waals surface area contributed by atoms with E-state index in [0.29, 0.717) is 5.75 Å². The van der Waals surface area contributed by atoms with E-state index in [1.165, 1.54) is 5.56 Å². The summed E-state index contributed by atoms with van der Waals surface area (Å²) in [6, 6.07) is 15.6. The van der Waals surface area contributed by atoms with Crippen LogP contribution in [0.15, 0.2) is 53.6 Å². The summed E-state index contributed by atoms with van der Waals surface area (Å²) in [6.45, 7) is 2.11. The van der Waals surface area contributed by atoms with Gasteiger partial charge in [0.05, 0.1) is 11.5 Å². The average molecular weight is 342 g/mol. The maximum absolute atomic E-state index is 12.1. The van der Waals surface area contributed by atoms with Gasteiger partial charge in [0.15, 0.2) is 11.5 Å². The highest BCUT2D eigenvalue weighted by Gasteiger charge is 2.14. The number of hydrazone groups is 1. The van der Waals surface area contributed by atoms with E-state index in [-0.39, 0.29) is 18.0 Å². The molecule has 1 heterocycles. The Bertz CT molecular complexity index is 734. The first-order chi connectivity index (χ1) is 11.7. The molecule has 124 valence electrons. The number of nitrogens with zero attached hydrogens (tertiary/aromatic N) is 1. The third-order valence-electron chi connectivity index (χ3n) is 3.50. The lowest BCUT2D eigenvalue weighted by molar-refractivity contribution is -0.120. The van der Waals surface area contributed by atoms with E-state index < -0.39 is 0 Å². The van der Waals surface area contributed by atoms with Crippen LogP contribution in [0.4, 0.5) is 0 Å². The van der Waals surface area contributed by atoms with Gasteiger partial charge in [-0.3, -0.25) is 4.79 Å². The molecule has 1 aliphatic rings. The van der Waals surface area contributed by atoms with Crippen molar-refractivity contribution in [3.8, 4) is 11.5 Å². The summed E-state index contributed by atoms with van der Waals surface area (Å²) < 4.78 is 10.6. The number of ether oxygens (including phenoxy) is 2. The summed E-state index contributed by atoms with van der Waals surface area (Å²) in [5.41, 5.74) is 4.61. The zero-order valence-corrected chi connectivity index (χ0v) is 14.1. The molecular weight excluding hydrogens is 324 g/mol. The van der Waals surface area contributed by atoms with Gasteiger partial charge in [-0.2, -0.15) is 5.10 Å². The van der Waals surface area contributed by atoms with E-state index in [9.17, 15) is 4.79 Å². The summed E-state index contributed by atoms with van der Waals surface area (Å²) in [6.07, 6.45) is 1.59. The first-order valence-corrected chi connectivity index (χ1v) is 8.65. The molecule has 1 unspecified atom stereocenters. The quantitative estimate of drug-likeness (QED) is 0.647. The number of amides is 1. The molecule has 0 saturated carbocycles. The molecule has 0 aromatic heterocycles. The van der Waals surface area contributed by atoms with Gasteiger partial charge in [-0.15, -0.1) is 11.8 Å². The van der Waals surface area contributed by atoms with Crippen molar-refractivity contribution in [3.05, 3.63) is 59.7 Å². The Morgan fingerprint density at radius 1 is 1.25 bits per heavy atom. The van der Waals surface area contributed by atoms with Crippen LogP contribution in [0.2, 0.25) is 0 Å². The van der Waals surface area contributed by atoms with Gasteiger partial charge in [0.1, 0.15) is 0 Å². The van der Waals surface area contributed by atoms with Crippen molar-refractivity contribution in [2.45, 2.75) is 17.9 Å². The Morgan fingerprint density at radius 3 is 2.88 bits per heavy atom. The average Bonchev–Trinajstić information content (AvgIpc) is 3.08. The fourth-order valence-corrected chi connectivity index (χ4v) is 2.96. The number of hydrogen-bond donors (Lipinski definition) is 1. The number of carbonyl (C=O) groups is 1. The summed E-state index contributed by atoms with van der Waals surface area (Å²) >= 11 is 1.58. The van der Waals surface area contributed by atoms with E-state index in [2.05, 4.69) is 22.7 Å². The van der Waals surface area contributed by atoms with Gasteiger partial charge in [-0.1, -0.05) is 30.3 Å². The summed E-state index contributed by atoms with van der Waals surface area (Å²) in [7, 11) is 0. The number of carbonyl (C=O) groups excluding carboxylic acids is 1. The molecule has 2 aromatic rings. The highest BCUT2D eigenvalue weighted by Crippen LogP contribution is 2.31. The fraction of sp³-hybridized carbons (Fsp3) is 0.222. The Hall–Kier alpha value is -2.47. The monoisotopic (exact) mass is 342 g/mol. The lowest BCUT2D eigenvalue weighted by atomic mass is 10.2. The van der Waals surface area contributed by atoms with Crippen molar-refractivity contribution in [1.29, 1.82) is 0 Å². The molecule has 0 bridgehead atoms. The van der Waals surface area contributed by atoms with Crippen LogP contribution in [0.5, 0.6) is 11.5 Å². The minimum absolute atomic E-state index is 0.118. The van der Waals surface area contributed by atoms with Gasteiger partial charge in [0.25, 0.3) is 5.91 Å². The second-order valence-electron chi connectivity index (χ2n) is 5.29. The third-order valence-corrected chi connectivity index (χ3v) is 4.71. The van der Waals surface area contributed by atoms with Crippen LogP contribution in [-0.4, -0.2) is 24.2 Å². The van der Waals surface area contributed by atoms with Crippen molar-refractivity contribution in [1.82, 2.24) is 5.43 Å². The molecule has 0 fully saturated rings. The normalized spacial score (nSPS) is 13.9. The van der Waals surface area contributed by atoms with Crippen LogP contribution in [0.1, 0.15) is 18.1 Å². The van der Waals surface area contributed by atoms with Crippen LogP contribution in [-0.2, 0) is 10.5 Å². The minimum atomic E-state index is -0.181. The second kappa shape index (κ2) is 7.88. The molecule has 5 nitrogen and oxygen atoms in total. The highest BCUT2D eigenvalue weighted by molar-refractivity contribution is 7.99. The zero-order valence-electron chi connectivity index (χ0n) is 13.3. The summed E-state index contributed by atoms with van der Waals surface area (Å²) in [5.74, 6) is 2.09.